The third kappa shape index (κ3) is 3.54. The van der Waals surface area contributed by atoms with Crippen LogP contribution in [0.2, 0.25) is 5.02 Å². The number of aromatic nitrogens is 2. The maximum atomic E-state index is 6.02. The van der Waals surface area contributed by atoms with Gasteiger partial charge in [0.2, 0.25) is 5.88 Å². The SMILES string of the molecule is Cc1cc(Cl)cc(C)c1OCCOc1ncnc2ccccc12. The molecular weight excluding hydrogens is 312 g/mol. The smallest absolute Gasteiger partial charge is 0.224 e. The van der Waals surface area contributed by atoms with Crippen LogP contribution >= 0.6 is 11.6 Å². The van der Waals surface area contributed by atoms with Gasteiger partial charge in [-0.15, -0.1) is 0 Å². The highest BCUT2D eigenvalue weighted by atomic mass is 35.5. The lowest BCUT2D eigenvalue weighted by Gasteiger charge is -2.13. The molecule has 0 amide bonds. The summed E-state index contributed by atoms with van der Waals surface area (Å²) in [5, 5.41) is 1.62. The van der Waals surface area contributed by atoms with E-state index in [9.17, 15) is 0 Å². The van der Waals surface area contributed by atoms with Crippen molar-refractivity contribution in [1.82, 2.24) is 9.97 Å². The number of rotatable bonds is 5. The van der Waals surface area contributed by atoms with Gasteiger partial charge in [0.25, 0.3) is 0 Å². The van der Waals surface area contributed by atoms with Crippen LogP contribution in [0.1, 0.15) is 11.1 Å². The number of fused-ring (bicyclic) bond motifs is 1. The van der Waals surface area contributed by atoms with E-state index in [-0.39, 0.29) is 0 Å². The fourth-order valence-corrected chi connectivity index (χ4v) is 2.83. The van der Waals surface area contributed by atoms with Gasteiger partial charge in [-0.05, 0) is 49.2 Å². The molecule has 0 spiro atoms. The van der Waals surface area contributed by atoms with Gasteiger partial charge >= 0.3 is 0 Å². The molecule has 1 heterocycles. The maximum Gasteiger partial charge on any atom is 0.224 e. The van der Waals surface area contributed by atoms with Crippen molar-refractivity contribution in [2.45, 2.75) is 13.8 Å². The van der Waals surface area contributed by atoms with E-state index < -0.39 is 0 Å². The van der Waals surface area contributed by atoms with E-state index in [0.29, 0.717) is 19.1 Å². The van der Waals surface area contributed by atoms with Crippen LogP contribution in [-0.4, -0.2) is 23.2 Å². The van der Waals surface area contributed by atoms with Crippen LogP contribution in [0.15, 0.2) is 42.7 Å². The molecule has 0 saturated heterocycles. The topological polar surface area (TPSA) is 44.2 Å². The average molecular weight is 329 g/mol. The Kier molecular flexibility index (Phi) is 4.63. The molecule has 3 aromatic rings. The van der Waals surface area contributed by atoms with Crippen molar-refractivity contribution in [3.63, 3.8) is 0 Å². The molecule has 0 atom stereocenters. The number of aryl methyl sites for hydroxylation is 2. The lowest BCUT2D eigenvalue weighted by atomic mass is 10.1. The Morgan fingerprint density at radius 1 is 0.957 bits per heavy atom. The third-order valence-electron chi connectivity index (χ3n) is 3.50. The highest BCUT2D eigenvalue weighted by molar-refractivity contribution is 6.30. The molecule has 0 aliphatic heterocycles. The lowest BCUT2D eigenvalue weighted by Crippen LogP contribution is -2.11. The van der Waals surface area contributed by atoms with Crippen LogP contribution in [0.4, 0.5) is 0 Å². The van der Waals surface area contributed by atoms with Crippen LogP contribution in [0, 0.1) is 13.8 Å². The van der Waals surface area contributed by atoms with Gasteiger partial charge in [-0.1, -0.05) is 23.7 Å². The molecule has 0 fully saturated rings. The molecule has 0 radical (unpaired) electrons. The quantitative estimate of drug-likeness (QED) is 0.653. The van der Waals surface area contributed by atoms with Gasteiger partial charge in [0.1, 0.15) is 25.3 Å². The summed E-state index contributed by atoms with van der Waals surface area (Å²) in [7, 11) is 0. The highest BCUT2D eigenvalue weighted by Gasteiger charge is 2.07. The molecular formula is C18H17ClN2O2. The summed E-state index contributed by atoms with van der Waals surface area (Å²) in [6.45, 7) is 4.80. The van der Waals surface area contributed by atoms with E-state index in [1.54, 1.807) is 0 Å². The second-order valence-electron chi connectivity index (χ2n) is 5.26. The predicted octanol–water partition coefficient (Wildman–Crippen LogP) is 4.36. The van der Waals surface area contributed by atoms with Gasteiger partial charge in [-0.25, -0.2) is 9.97 Å². The van der Waals surface area contributed by atoms with E-state index in [1.165, 1.54) is 6.33 Å². The zero-order chi connectivity index (χ0) is 16.2. The third-order valence-corrected chi connectivity index (χ3v) is 3.72. The lowest BCUT2D eigenvalue weighted by molar-refractivity contribution is 0.212. The summed E-state index contributed by atoms with van der Waals surface area (Å²) in [5.41, 5.74) is 2.90. The van der Waals surface area contributed by atoms with Crippen molar-refractivity contribution < 1.29 is 9.47 Å². The second kappa shape index (κ2) is 6.84. The molecule has 0 saturated carbocycles. The standard InChI is InChI=1S/C18H17ClN2O2/c1-12-9-14(19)10-13(2)17(12)22-7-8-23-18-15-5-3-4-6-16(15)20-11-21-18/h3-6,9-11H,7-8H2,1-2H3. The molecule has 0 unspecified atom stereocenters. The molecule has 0 N–H and O–H groups in total. The first-order chi connectivity index (χ1) is 11.1. The van der Waals surface area contributed by atoms with Gasteiger partial charge in [-0.3, -0.25) is 0 Å². The number of nitrogens with zero attached hydrogens (tertiary/aromatic N) is 2. The Bertz CT molecular complexity index is 808. The molecule has 4 nitrogen and oxygen atoms in total. The molecule has 2 aromatic carbocycles. The first kappa shape index (κ1) is 15.6. The van der Waals surface area contributed by atoms with Crippen molar-refractivity contribution in [3.8, 4) is 11.6 Å². The summed E-state index contributed by atoms with van der Waals surface area (Å²) in [5.74, 6) is 1.43. The van der Waals surface area contributed by atoms with Crippen molar-refractivity contribution in [2.75, 3.05) is 13.2 Å². The van der Waals surface area contributed by atoms with Crippen LogP contribution < -0.4 is 9.47 Å². The Hall–Kier alpha value is -2.33. The Balaban J connectivity index is 1.64. The van der Waals surface area contributed by atoms with E-state index >= 15 is 0 Å². The van der Waals surface area contributed by atoms with E-state index in [1.807, 2.05) is 50.2 Å². The minimum absolute atomic E-state index is 0.405. The molecule has 3 rings (SSSR count). The van der Waals surface area contributed by atoms with Crippen LogP contribution in [-0.2, 0) is 0 Å². The Morgan fingerprint density at radius 2 is 1.65 bits per heavy atom. The summed E-state index contributed by atoms with van der Waals surface area (Å²) in [4.78, 5) is 8.41. The van der Waals surface area contributed by atoms with Crippen molar-refractivity contribution >= 4 is 22.5 Å². The molecule has 5 heteroatoms. The number of para-hydroxylation sites is 1. The molecule has 23 heavy (non-hydrogen) atoms. The molecule has 118 valence electrons. The van der Waals surface area contributed by atoms with Gasteiger partial charge in [-0.2, -0.15) is 0 Å². The van der Waals surface area contributed by atoms with Gasteiger partial charge < -0.3 is 9.47 Å². The van der Waals surface area contributed by atoms with Gasteiger partial charge in [0.15, 0.2) is 0 Å². The van der Waals surface area contributed by atoms with Gasteiger partial charge in [0.05, 0.1) is 10.9 Å². The van der Waals surface area contributed by atoms with Gasteiger partial charge in [0, 0.05) is 5.02 Å². The van der Waals surface area contributed by atoms with Crippen molar-refractivity contribution in [1.29, 1.82) is 0 Å². The summed E-state index contributed by atoms with van der Waals surface area (Å²) in [6.07, 6.45) is 1.51. The Morgan fingerprint density at radius 3 is 2.43 bits per heavy atom. The monoisotopic (exact) mass is 328 g/mol. The van der Waals surface area contributed by atoms with Crippen LogP contribution in [0.3, 0.4) is 0 Å². The second-order valence-corrected chi connectivity index (χ2v) is 5.70. The number of ether oxygens (including phenoxy) is 2. The maximum absolute atomic E-state index is 6.02. The first-order valence-corrected chi connectivity index (χ1v) is 7.75. The predicted molar refractivity (Wildman–Crippen MR) is 91.5 cm³/mol. The average Bonchev–Trinajstić information content (AvgIpc) is 2.53. The Labute approximate surface area is 140 Å². The number of benzene rings is 2. The zero-order valence-corrected chi connectivity index (χ0v) is 13.8. The zero-order valence-electron chi connectivity index (χ0n) is 13.0. The molecule has 0 aliphatic carbocycles. The summed E-state index contributed by atoms with van der Waals surface area (Å²) >= 11 is 6.02. The summed E-state index contributed by atoms with van der Waals surface area (Å²) in [6, 6.07) is 11.5. The minimum Gasteiger partial charge on any atom is -0.489 e. The summed E-state index contributed by atoms with van der Waals surface area (Å²) < 4.78 is 11.6. The molecule has 0 aliphatic rings. The fourth-order valence-electron chi connectivity index (χ4n) is 2.50. The van der Waals surface area contributed by atoms with E-state index in [2.05, 4.69) is 9.97 Å². The van der Waals surface area contributed by atoms with Crippen molar-refractivity contribution in [2.24, 2.45) is 0 Å². The molecule has 1 aromatic heterocycles. The largest absolute Gasteiger partial charge is 0.489 e. The van der Waals surface area contributed by atoms with Crippen LogP contribution in [0.25, 0.3) is 10.9 Å². The first-order valence-electron chi connectivity index (χ1n) is 7.37. The number of hydrogen-bond donors (Lipinski definition) is 0. The normalized spacial score (nSPS) is 10.7. The van der Waals surface area contributed by atoms with Crippen LogP contribution in [0.5, 0.6) is 11.6 Å². The number of halogens is 1. The van der Waals surface area contributed by atoms with E-state index in [4.69, 9.17) is 21.1 Å². The highest BCUT2D eigenvalue weighted by Crippen LogP contribution is 2.27. The number of hydrogen-bond acceptors (Lipinski definition) is 4. The fraction of sp³-hybridized carbons (Fsp3) is 0.222. The molecule has 0 bridgehead atoms. The van der Waals surface area contributed by atoms with E-state index in [0.717, 1.165) is 32.8 Å². The minimum atomic E-state index is 0.405. The van der Waals surface area contributed by atoms with Crippen molar-refractivity contribution in [3.05, 3.63) is 58.9 Å².